The molecule has 0 bridgehead atoms. The predicted octanol–water partition coefficient (Wildman–Crippen LogP) is 4.19. The first-order chi connectivity index (χ1) is 17.0. The van der Waals surface area contributed by atoms with Crippen LogP contribution in [0.1, 0.15) is 44.7 Å². The number of carbonyl (C=O) groups is 2. The number of anilines is 1. The second kappa shape index (κ2) is 10.3. The van der Waals surface area contributed by atoms with Crippen LogP contribution in [0.15, 0.2) is 18.2 Å². The van der Waals surface area contributed by atoms with E-state index in [1.165, 1.54) is 11.0 Å². The lowest BCUT2D eigenvalue weighted by Crippen LogP contribution is -2.50. The van der Waals surface area contributed by atoms with Crippen LogP contribution < -0.4 is 10.2 Å². The molecule has 2 aliphatic heterocycles. The first-order valence-corrected chi connectivity index (χ1v) is 11.4. The Bertz CT molecular complexity index is 1060. The second-order valence-electron chi connectivity index (χ2n) is 9.76. The van der Waals surface area contributed by atoms with Crippen molar-refractivity contribution in [2.24, 2.45) is 0 Å². The van der Waals surface area contributed by atoms with Crippen LogP contribution in [0.5, 0.6) is 0 Å². The van der Waals surface area contributed by atoms with Gasteiger partial charge in [-0.05, 0) is 51.8 Å². The highest BCUT2D eigenvalue weighted by atomic mass is 19.4. The van der Waals surface area contributed by atoms with E-state index in [1.54, 1.807) is 20.8 Å². The zero-order chi connectivity index (χ0) is 27.8. The van der Waals surface area contributed by atoms with Gasteiger partial charge in [0.15, 0.2) is 6.10 Å². The summed E-state index contributed by atoms with van der Waals surface area (Å²) in [7, 11) is 0. The van der Waals surface area contributed by atoms with E-state index in [4.69, 9.17) is 14.7 Å². The van der Waals surface area contributed by atoms with E-state index in [9.17, 15) is 35.9 Å². The number of nitrogens with one attached hydrogen (secondary N) is 1. The minimum atomic E-state index is -5.01. The molecule has 0 aromatic heterocycles. The molecular weight excluding hydrogens is 510 g/mol. The molecule has 2 saturated heterocycles. The van der Waals surface area contributed by atoms with Crippen molar-refractivity contribution in [3.05, 3.63) is 29.3 Å². The highest BCUT2D eigenvalue weighted by molar-refractivity contribution is 5.82. The molecule has 37 heavy (non-hydrogen) atoms. The molecule has 1 N–H and O–H groups in total. The smallest absolute Gasteiger partial charge is 0.433 e. The van der Waals surface area contributed by atoms with Gasteiger partial charge in [-0.3, -0.25) is 4.79 Å². The number of alkyl halides is 6. The summed E-state index contributed by atoms with van der Waals surface area (Å²) < 4.78 is 91.4. The summed E-state index contributed by atoms with van der Waals surface area (Å²) in [5.74, 6) is -0.739. The molecule has 2 atom stereocenters. The molecule has 8 nitrogen and oxygen atoms in total. The Kier molecular flexibility index (Phi) is 7.88. The summed E-state index contributed by atoms with van der Waals surface area (Å²) in [6, 6.07) is 3.25. The van der Waals surface area contributed by atoms with Gasteiger partial charge < -0.3 is 24.6 Å². The van der Waals surface area contributed by atoms with Crippen molar-refractivity contribution in [3.63, 3.8) is 0 Å². The Balaban J connectivity index is 1.71. The van der Waals surface area contributed by atoms with E-state index in [0.717, 1.165) is 12.1 Å². The average molecular weight is 536 g/mol. The molecular formula is C23H26F6N4O4. The summed E-state index contributed by atoms with van der Waals surface area (Å²) in [4.78, 5) is 26.7. The van der Waals surface area contributed by atoms with E-state index >= 15 is 0 Å². The molecule has 2 heterocycles. The maximum atomic E-state index is 13.7. The van der Waals surface area contributed by atoms with Crippen LogP contribution in [0.4, 0.5) is 36.8 Å². The number of nitriles is 1. The zero-order valence-electron chi connectivity index (χ0n) is 20.2. The van der Waals surface area contributed by atoms with Gasteiger partial charge in [-0.1, -0.05) is 0 Å². The van der Waals surface area contributed by atoms with Crippen LogP contribution in [0, 0.1) is 11.3 Å². The Hall–Kier alpha value is -3.21. The number of likely N-dealkylation sites (tertiary alicyclic amines) is 1. The third kappa shape index (κ3) is 6.97. The van der Waals surface area contributed by atoms with Crippen molar-refractivity contribution >= 4 is 17.7 Å². The van der Waals surface area contributed by atoms with E-state index in [-0.39, 0.29) is 19.1 Å². The normalized spacial score (nSPS) is 21.5. The Morgan fingerprint density at radius 1 is 1.11 bits per heavy atom. The molecule has 2 fully saturated rings. The molecule has 2 aliphatic rings. The van der Waals surface area contributed by atoms with Gasteiger partial charge in [-0.2, -0.15) is 31.6 Å². The number of halogens is 6. The van der Waals surface area contributed by atoms with Gasteiger partial charge in [-0.15, -0.1) is 0 Å². The van der Waals surface area contributed by atoms with E-state index in [1.807, 2.05) is 0 Å². The molecule has 0 spiro atoms. The summed E-state index contributed by atoms with van der Waals surface area (Å²) >= 11 is 0. The van der Waals surface area contributed by atoms with Crippen molar-refractivity contribution in [1.82, 2.24) is 10.2 Å². The number of benzene rings is 1. The molecule has 2 amide bonds. The third-order valence-corrected chi connectivity index (χ3v) is 5.78. The minimum Gasteiger partial charge on any atom is -0.444 e. The molecule has 1 aromatic carbocycles. The van der Waals surface area contributed by atoms with Gasteiger partial charge in [0.2, 0.25) is 6.23 Å². The van der Waals surface area contributed by atoms with E-state index in [0.29, 0.717) is 23.8 Å². The van der Waals surface area contributed by atoms with Gasteiger partial charge >= 0.3 is 18.4 Å². The number of nitrogens with zero attached hydrogens (tertiary/aromatic N) is 3. The number of alkyl carbamates (subject to hydrolysis) is 1. The van der Waals surface area contributed by atoms with Crippen LogP contribution in [-0.4, -0.2) is 66.7 Å². The standard InChI is InChI=1S/C23H26F6N4O4/c1-21(2,3)37-20(35)31-14-6-8-32(9-7-14)18(34)17-12-33(19(36-17)23(27,28)29)15-5-4-13(11-30)16(10-15)22(24,25)26/h4-5,10,14,17,19H,6-9,12H2,1-3H3,(H,31,35)/t17-,19+/m0/s1. The molecule has 1 aromatic rings. The lowest BCUT2D eigenvalue weighted by atomic mass is 10.0. The maximum absolute atomic E-state index is 13.7. The Labute approximate surface area is 209 Å². The third-order valence-electron chi connectivity index (χ3n) is 5.78. The zero-order valence-corrected chi connectivity index (χ0v) is 20.2. The van der Waals surface area contributed by atoms with Crippen molar-refractivity contribution in [1.29, 1.82) is 5.26 Å². The van der Waals surface area contributed by atoms with Crippen LogP contribution >= 0.6 is 0 Å². The van der Waals surface area contributed by atoms with Gasteiger partial charge in [0, 0.05) is 24.8 Å². The van der Waals surface area contributed by atoms with Crippen LogP contribution in [0.2, 0.25) is 0 Å². The monoisotopic (exact) mass is 536 g/mol. The Morgan fingerprint density at radius 2 is 1.73 bits per heavy atom. The van der Waals surface area contributed by atoms with Crippen LogP contribution in [0.25, 0.3) is 0 Å². The number of hydrogen-bond donors (Lipinski definition) is 1. The molecule has 0 saturated carbocycles. The average Bonchev–Trinajstić information content (AvgIpc) is 3.23. The van der Waals surface area contributed by atoms with Gasteiger partial charge in [0.05, 0.1) is 23.7 Å². The second-order valence-corrected chi connectivity index (χ2v) is 9.76. The quantitative estimate of drug-likeness (QED) is 0.583. The number of ether oxygens (including phenoxy) is 2. The molecule has 204 valence electrons. The largest absolute Gasteiger partial charge is 0.444 e. The van der Waals surface area contributed by atoms with Gasteiger partial charge in [-0.25, -0.2) is 4.79 Å². The fourth-order valence-electron chi connectivity index (χ4n) is 4.14. The molecule has 0 aliphatic carbocycles. The SMILES string of the molecule is CC(C)(C)OC(=O)NC1CCN(C(=O)[C@@H]2CN(c3ccc(C#N)c(C(F)(F)F)c3)[C@@H](C(F)(F)F)O2)CC1. The highest BCUT2D eigenvalue weighted by Gasteiger charge is 2.53. The first-order valence-electron chi connectivity index (χ1n) is 11.4. The van der Waals surface area contributed by atoms with Gasteiger partial charge in [0.25, 0.3) is 5.91 Å². The topological polar surface area (TPSA) is 94.9 Å². The van der Waals surface area contributed by atoms with E-state index < -0.39 is 65.6 Å². The molecule has 14 heteroatoms. The summed E-state index contributed by atoms with van der Waals surface area (Å²) in [5, 5.41) is 11.6. The lowest BCUT2D eigenvalue weighted by molar-refractivity contribution is -0.215. The van der Waals surface area contributed by atoms with Crippen molar-refractivity contribution in [3.8, 4) is 6.07 Å². The van der Waals surface area contributed by atoms with Crippen molar-refractivity contribution in [2.45, 2.75) is 69.9 Å². The first kappa shape index (κ1) is 28.4. The van der Waals surface area contributed by atoms with Crippen molar-refractivity contribution in [2.75, 3.05) is 24.5 Å². The lowest BCUT2D eigenvalue weighted by Gasteiger charge is -2.33. The Morgan fingerprint density at radius 3 is 2.24 bits per heavy atom. The van der Waals surface area contributed by atoms with Crippen molar-refractivity contribution < 1.29 is 45.4 Å². The summed E-state index contributed by atoms with van der Waals surface area (Å²) in [6.45, 7) is 4.73. The summed E-state index contributed by atoms with van der Waals surface area (Å²) in [5.41, 5.74) is -3.31. The molecule has 0 unspecified atom stereocenters. The van der Waals surface area contributed by atoms with Gasteiger partial charge in [0.1, 0.15) is 5.60 Å². The van der Waals surface area contributed by atoms with Crippen LogP contribution in [-0.2, 0) is 20.4 Å². The highest BCUT2D eigenvalue weighted by Crippen LogP contribution is 2.39. The summed E-state index contributed by atoms with van der Waals surface area (Å²) in [6.07, 6.45) is -14.2. The predicted molar refractivity (Wildman–Crippen MR) is 117 cm³/mol. The number of piperidine rings is 1. The molecule has 3 rings (SSSR count). The number of carbonyl (C=O) groups excluding carboxylic acids is 2. The fraction of sp³-hybridized carbons (Fsp3) is 0.609. The molecule has 0 radical (unpaired) electrons. The number of amides is 2. The number of hydrogen-bond acceptors (Lipinski definition) is 6. The minimum absolute atomic E-state index is 0.130. The fourth-order valence-corrected chi connectivity index (χ4v) is 4.14. The maximum Gasteiger partial charge on any atom is 0.433 e. The van der Waals surface area contributed by atoms with E-state index in [2.05, 4.69) is 5.32 Å². The number of rotatable bonds is 3. The van der Waals surface area contributed by atoms with Crippen LogP contribution in [0.3, 0.4) is 0 Å².